The van der Waals surface area contributed by atoms with Crippen molar-refractivity contribution in [3.05, 3.63) is 23.8 Å². The Labute approximate surface area is 130 Å². The highest BCUT2D eigenvalue weighted by molar-refractivity contribution is 5.96. The molecule has 1 aliphatic rings. The van der Waals surface area contributed by atoms with Gasteiger partial charge in [0.1, 0.15) is 5.75 Å². The van der Waals surface area contributed by atoms with Crippen molar-refractivity contribution in [2.75, 3.05) is 25.5 Å². The maximum absolute atomic E-state index is 12.5. The molecule has 1 aliphatic heterocycles. The molecule has 6 heteroatoms. The van der Waals surface area contributed by atoms with Gasteiger partial charge in [-0.2, -0.15) is 0 Å². The molecule has 1 fully saturated rings. The highest BCUT2D eigenvalue weighted by Gasteiger charge is 2.31. The molecule has 1 aromatic carbocycles. The minimum atomic E-state index is -0.841. The lowest BCUT2D eigenvalue weighted by molar-refractivity contribution is -0.137. The molecule has 2 N–H and O–H groups in total. The van der Waals surface area contributed by atoms with Gasteiger partial charge in [-0.15, -0.1) is 0 Å². The molecule has 22 heavy (non-hydrogen) atoms. The molecule has 120 valence electrons. The number of hydrogen-bond acceptors (Lipinski definition) is 4. The van der Waals surface area contributed by atoms with Crippen molar-refractivity contribution in [1.82, 2.24) is 4.90 Å². The number of nitrogens with one attached hydrogen (secondary N) is 1. The summed E-state index contributed by atoms with van der Waals surface area (Å²) in [6.07, 6.45) is 1.71. The van der Waals surface area contributed by atoms with Gasteiger partial charge in [0.05, 0.1) is 25.3 Å². The van der Waals surface area contributed by atoms with Crippen LogP contribution in [0.2, 0.25) is 0 Å². The van der Waals surface area contributed by atoms with Gasteiger partial charge in [0, 0.05) is 6.54 Å². The molecule has 1 unspecified atom stereocenters. The minimum absolute atomic E-state index is 0.0531. The summed E-state index contributed by atoms with van der Waals surface area (Å²) >= 11 is 0. The molecule has 1 amide bonds. The van der Waals surface area contributed by atoms with Crippen molar-refractivity contribution < 1.29 is 19.4 Å². The minimum Gasteiger partial charge on any atom is -0.495 e. The zero-order chi connectivity index (χ0) is 16.1. The standard InChI is InChI=1S/C16H22N2O4/c1-11-5-6-14(22-2)12(10-11)17-16(21)13-4-3-8-18(13)9-7-15(19)20/h5-6,10,13H,3-4,7-9H2,1-2H3,(H,17,21)(H,19,20). The van der Waals surface area contributed by atoms with Crippen molar-refractivity contribution in [1.29, 1.82) is 0 Å². The number of methoxy groups -OCH3 is 1. The topological polar surface area (TPSA) is 78.9 Å². The second-order valence-electron chi connectivity index (χ2n) is 5.53. The molecular formula is C16H22N2O4. The summed E-state index contributed by atoms with van der Waals surface area (Å²) in [5.41, 5.74) is 1.68. The van der Waals surface area contributed by atoms with E-state index in [4.69, 9.17) is 9.84 Å². The predicted molar refractivity (Wildman–Crippen MR) is 83.2 cm³/mol. The highest BCUT2D eigenvalue weighted by Crippen LogP contribution is 2.27. The fourth-order valence-electron chi connectivity index (χ4n) is 2.77. The number of carbonyl (C=O) groups excluding carboxylic acids is 1. The van der Waals surface area contributed by atoms with E-state index in [1.807, 2.05) is 30.0 Å². The monoisotopic (exact) mass is 306 g/mol. The molecule has 6 nitrogen and oxygen atoms in total. The average molecular weight is 306 g/mol. The second kappa shape index (κ2) is 7.26. The Bertz CT molecular complexity index is 559. The number of nitrogens with zero attached hydrogens (tertiary/aromatic N) is 1. The number of hydrogen-bond donors (Lipinski definition) is 2. The molecule has 1 aromatic rings. The molecular weight excluding hydrogens is 284 g/mol. The number of ether oxygens (including phenoxy) is 1. The van der Waals surface area contributed by atoms with Gasteiger partial charge in [-0.1, -0.05) is 6.07 Å². The number of benzene rings is 1. The molecule has 1 atom stereocenters. The molecule has 0 radical (unpaired) electrons. The van der Waals surface area contributed by atoms with Crippen LogP contribution in [0, 0.1) is 6.92 Å². The third-order valence-electron chi connectivity index (χ3n) is 3.89. The number of likely N-dealkylation sites (tertiary alicyclic amines) is 1. The Morgan fingerprint density at radius 3 is 2.91 bits per heavy atom. The molecule has 0 spiro atoms. The van der Waals surface area contributed by atoms with Crippen molar-refractivity contribution in [3.63, 3.8) is 0 Å². The van der Waals surface area contributed by atoms with Crippen LogP contribution < -0.4 is 10.1 Å². The molecule has 0 bridgehead atoms. The van der Waals surface area contributed by atoms with E-state index >= 15 is 0 Å². The largest absolute Gasteiger partial charge is 0.495 e. The number of anilines is 1. The number of rotatable bonds is 6. The Kier molecular flexibility index (Phi) is 5.38. The van der Waals surface area contributed by atoms with Gasteiger partial charge in [0.2, 0.25) is 5.91 Å². The first-order chi connectivity index (χ1) is 10.5. The van der Waals surface area contributed by atoms with Crippen LogP contribution in [-0.2, 0) is 9.59 Å². The Balaban J connectivity index is 2.05. The van der Waals surface area contributed by atoms with E-state index in [2.05, 4.69) is 5.32 Å². The molecule has 0 aromatic heterocycles. The fraction of sp³-hybridized carbons (Fsp3) is 0.500. The SMILES string of the molecule is COc1ccc(C)cc1NC(=O)C1CCCN1CCC(=O)O. The smallest absolute Gasteiger partial charge is 0.304 e. The summed E-state index contributed by atoms with van der Waals surface area (Å²) in [4.78, 5) is 25.1. The van der Waals surface area contributed by atoms with Crippen LogP contribution in [-0.4, -0.2) is 48.1 Å². The van der Waals surface area contributed by atoms with E-state index in [1.54, 1.807) is 7.11 Å². The zero-order valence-electron chi connectivity index (χ0n) is 13.0. The van der Waals surface area contributed by atoms with E-state index in [-0.39, 0.29) is 18.4 Å². The summed E-state index contributed by atoms with van der Waals surface area (Å²) in [5.74, 6) is -0.327. The van der Waals surface area contributed by atoms with Crippen LogP contribution in [0.15, 0.2) is 18.2 Å². The quantitative estimate of drug-likeness (QED) is 0.839. The number of carboxylic acid groups (broad SMARTS) is 1. The third-order valence-corrected chi connectivity index (χ3v) is 3.89. The summed E-state index contributed by atoms with van der Waals surface area (Å²) < 4.78 is 5.26. The first-order valence-electron chi connectivity index (χ1n) is 7.42. The maximum Gasteiger partial charge on any atom is 0.304 e. The van der Waals surface area contributed by atoms with E-state index in [1.165, 1.54) is 0 Å². The van der Waals surface area contributed by atoms with E-state index in [9.17, 15) is 9.59 Å². The van der Waals surface area contributed by atoms with Crippen LogP contribution in [0.3, 0.4) is 0 Å². The summed E-state index contributed by atoms with van der Waals surface area (Å²) in [6, 6.07) is 5.34. The Hall–Kier alpha value is -2.08. The second-order valence-corrected chi connectivity index (χ2v) is 5.53. The lowest BCUT2D eigenvalue weighted by Gasteiger charge is -2.23. The summed E-state index contributed by atoms with van der Waals surface area (Å²) in [7, 11) is 1.56. The number of aryl methyl sites for hydroxylation is 1. The van der Waals surface area contributed by atoms with Gasteiger partial charge < -0.3 is 15.2 Å². The first-order valence-corrected chi connectivity index (χ1v) is 7.42. The lowest BCUT2D eigenvalue weighted by atomic mass is 10.1. The Morgan fingerprint density at radius 1 is 1.45 bits per heavy atom. The van der Waals surface area contributed by atoms with Crippen molar-refractivity contribution in [2.45, 2.75) is 32.2 Å². The number of amides is 1. The number of aliphatic carboxylic acids is 1. The molecule has 2 rings (SSSR count). The highest BCUT2D eigenvalue weighted by atomic mass is 16.5. The molecule has 1 heterocycles. The van der Waals surface area contributed by atoms with Crippen LogP contribution in [0.4, 0.5) is 5.69 Å². The zero-order valence-corrected chi connectivity index (χ0v) is 13.0. The predicted octanol–water partition coefficient (Wildman–Crippen LogP) is 1.88. The van der Waals surface area contributed by atoms with E-state index < -0.39 is 5.97 Å². The van der Waals surface area contributed by atoms with Gasteiger partial charge in [0.15, 0.2) is 0 Å². The van der Waals surface area contributed by atoms with E-state index in [0.717, 1.165) is 24.9 Å². The fourth-order valence-corrected chi connectivity index (χ4v) is 2.77. The Morgan fingerprint density at radius 2 is 2.23 bits per heavy atom. The molecule has 1 saturated heterocycles. The summed E-state index contributed by atoms with van der Waals surface area (Å²) in [6.45, 7) is 3.11. The van der Waals surface area contributed by atoms with Gasteiger partial charge in [-0.05, 0) is 44.0 Å². The average Bonchev–Trinajstić information content (AvgIpc) is 2.94. The van der Waals surface area contributed by atoms with Crippen molar-refractivity contribution in [2.24, 2.45) is 0 Å². The van der Waals surface area contributed by atoms with Gasteiger partial charge in [-0.3, -0.25) is 14.5 Å². The number of carbonyl (C=O) groups is 2. The van der Waals surface area contributed by atoms with Crippen LogP contribution >= 0.6 is 0 Å². The lowest BCUT2D eigenvalue weighted by Crippen LogP contribution is -2.40. The first kappa shape index (κ1) is 16.3. The van der Waals surface area contributed by atoms with Crippen LogP contribution in [0.5, 0.6) is 5.75 Å². The van der Waals surface area contributed by atoms with Crippen LogP contribution in [0.1, 0.15) is 24.8 Å². The maximum atomic E-state index is 12.5. The molecule has 0 saturated carbocycles. The van der Waals surface area contributed by atoms with E-state index in [0.29, 0.717) is 18.0 Å². The van der Waals surface area contributed by atoms with Gasteiger partial charge >= 0.3 is 5.97 Å². The number of carboxylic acids is 1. The molecule has 0 aliphatic carbocycles. The van der Waals surface area contributed by atoms with Crippen LogP contribution in [0.25, 0.3) is 0 Å². The summed E-state index contributed by atoms with van der Waals surface area (Å²) in [5, 5.41) is 11.7. The third kappa shape index (κ3) is 3.98. The van der Waals surface area contributed by atoms with Crippen molar-refractivity contribution in [3.8, 4) is 5.75 Å². The van der Waals surface area contributed by atoms with Gasteiger partial charge in [-0.25, -0.2) is 0 Å². The van der Waals surface area contributed by atoms with Gasteiger partial charge in [0.25, 0.3) is 0 Å². The van der Waals surface area contributed by atoms with Crippen molar-refractivity contribution >= 4 is 17.6 Å². The normalized spacial score (nSPS) is 18.2.